The molecule has 3 heteroatoms. The Morgan fingerprint density at radius 2 is 1.86 bits per heavy atom. The van der Waals surface area contributed by atoms with E-state index in [0.717, 1.165) is 27.9 Å². The van der Waals surface area contributed by atoms with Gasteiger partial charge in [-0.15, -0.1) is 0 Å². The van der Waals surface area contributed by atoms with Crippen LogP contribution >= 0.6 is 11.6 Å². The lowest BCUT2D eigenvalue weighted by molar-refractivity contribution is 0.104. The van der Waals surface area contributed by atoms with Gasteiger partial charge in [-0.1, -0.05) is 41.4 Å². The van der Waals surface area contributed by atoms with Crippen LogP contribution in [0.5, 0.6) is 0 Å². The van der Waals surface area contributed by atoms with E-state index in [0.29, 0.717) is 5.02 Å². The molecular formula is C18H18ClNO. The molecule has 2 aromatic carbocycles. The highest BCUT2D eigenvalue weighted by Crippen LogP contribution is 2.25. The average Bonchev–Trinajstić information content (AvgIpc) is 2.44. The Bertz CT molecular complexity index is 684. The summed E-state index contributed by atoms with van der Waals surface area (Å²) in [6.07, 6.45) is 3.17. The molecule has 0 saturated heterocycles. The number of ketones is 1. The van der Waals surface area contributed by atoms with Crippen LogP contribution < -0.4 is 5.32 Å². The number of carbonyl (C=O) groups excluding carboxylic acids is 1. The maximum atomic E-state index is 12.2. The van der Waals surface area contributed by atoms with E-state index in [-0.39, 0.29) is 5.78 Å². The lowest BCUT2D eigenvalue weighted by atomic mass is 10.0. The normalized spacial score (nSPS) is 10.9. The molecule has 0 amide bonds. The fourth-order valence-corrected chi connectivity index (χ4v) is 2.38. The molecule has 0 spiro atoms. The molecule has 0 radical (unpaired) electrons. The number of carbonyl (C=O) groups is 1. The third kappa shape index (κ3) is 3.73. The Labute approximate surface area is 130 Å². The van der Waals surface area contributed by atoms with Gasteiger partial charge in [0.15, 0.2) is 5.78 Å². The Kier molecular flexibility index (Phi) is 4.81. The first-order valence-electron chi connectivity index (χ1n) is 6.79. The minimum absolute atomic E-state index is 0.0200. The Morgan fingerprint density at radius 1 is 1.10 bits per heavy atom. The van der Waals surface area contributed by atoms with E-state index in [1.807, 2.05) is 57.2 Å². The van der Waals surface area contributed by atoms with Crippen molar-refractivity contribution >= 4 is 23.1 Å². The number of hydrogen-bond donors (Lipinski definition) is 1. The van der Waals surface area contributed by atoms with Crippen molar-refractivity contribution in [3.63, 3.8) is 0 Å². The fourth-order valence-electron chi connectivity index (χ4n) is 2.11. The number of halogens is 1. The van der Waals surface area contributed by atoms with Crippen LogP contribution in [0.25, 0.3) is 0 Å². The summed E-state index contributed by atoms with van der Waals surface area (Å²) < 4.78 is 0. The molecule has 0 fully saturated rings. The highest BCUT2D eigenvalue weighted by molar-refractivity contribution is 6.33. The SMILES string of the molecule is Cc1ccc(C)c(C(=O)/C=C/Nc2c(C)cccc2Cl)c1. The summed E-state index contributed by atoms with van der Waals surface area (Å²) in [5, 5.41) is 3.72. The van der Waals surface area contributed by atoms with Gasteiger partial charge in [-0.2, -0.15) is 0 Å². The van der Waals surface area contributed by atoms with Gasteiger partial charge in [0.1, 0.15) is 0 Å². The number of anilines is 1. The first-order valence-corrected chi connectivity index (χ1v) is 7.16. The van der Waals surface area contributed by atoms with Crippen molar-refractivity contribution in [2.45, 2.75) is 20.8 Å². The number of nitrogens with one attached hydrogen (secondary N) is 1. The lowest BCUT2D eigenvalue weighted by Gasteiger charge is -2.07. The predicted molar refractivity (Wildman–Crippen MR) is 89.2 cm³/mol. The standard InChI is InChI=1S/C18H18ClNO/c1-12-7-8-13(2)15(11-12)17(21)9-10-20-18-14(3)5-4-6-16(18)19/h4-11,20H,1-3H3/b10-9+. The number of benzene rings is 2. The van der Waals surface area contributed by atoms with Crippen LogP contribution in [-0.2, 0) is 0 Å². The third-order valence-corrected chi connectivity index (χ3v) is 3.66. The molecule has 0 bridgehead atoms. The molecule has 0 aliphatic rings. The Hall–Kier alpha value is -2.06. The number of rotatable bonds is 4. The van der Waals surface area contributed by atoms with E-state index < -0.39 is 0 Å². The highest BCUT2D eigenvalue weighted by Gasteiger charge is 2.06. The van der Waals surface area contributed by atoms with Crippen molar-refractivity contribution < 1.29 is 4.79 Å². The van der Waals surface area contributed by atoms with Crippen LogP contribution in [0.1, 0.15) is 27.0 Å². The van der Waals surface area contributed by atoms with E-state index in [1.165, 1.54) is 6.08 Å². The molecule has 2 rings (SSSR count). The quantitative estimate of drug-likeness (QED) is 0.630. The minimum atomic E-state index is -0.0200. The molecule has 0 aliphatic heterocycles. The first kappa shape index (κ1) is 15.3. The van der Waals surface area contributed by atoms with Crippen LogP contribution in [0.3, 0.4) is 0 Å². The molecule has 0 heterocycles. The van der Waals surface area contributed by atoms with Crippen molar-refractivity contribution in [2.24, 2.45) is 0 Å². The molecule has 0 aromatic heterocycles. The average molecular weight is 300 g/mol. The van der Waals surface area contributed by atoms with Gasteiger partial charge in [0.2, 0.25) is 0 Å². The fraction of sp³-hybridized carbons (Fsp3) is 0.167. The van der Waals surface area contributed by atoms with E-state index >= 15 is 0 Å². The molecule has 0 atom stereocenters. The highest BCUT2D eigenvalue weighted by atomic mass is 35.5. The maximum absolute atomic E-state index is 12.2. The first-order chi connectivity index (χ1) is 9.99. The van der Waals surface area contributed by atoms with Crippen LogP contribution in [0.15, 0.2) is 48.7 Å². The molecule has 0 unspecified atom stereocenters. The van der Waals surface area contributed by atoms with Gasteiger partial charge in [-0.3, -0.25) is 4.79 Å². The molecule has 2 nitrogen and oxygen atoms in total. The van der Waals surface area contributed by atoms with E-state index in [4.69, 9.17) is 11.6 Å². The molecule has 2 aromatic rings. The minimum Gasteiger partial charge on any atom is -0.360 e. The molecule has 21 heavy (non-hydrogen) atoms. The van der Waals surface area contributed by atoms with Gasteiger partial charge in [0.25, 0.3) is 0 Å². The zero-order chi connectivity index (χ0) is 15.4. The summed E-state index contributed by atoms with van der Waals surface area (Å²) in [7, 11) is 0. The van der Waals surface area contributed by atoms with Gasteiger partial charge >= 0.3 is 0 Å². The van der Waals surface area contributed by atoms with Gasteiger partial charge in [-0.05, 0) is 44.0 Å². The second-order valence-electron chi connectivity index (χ2n) is 5.09. The van der Waals surface area contributed by atoms with Crippen LogP contribution in [0, 0.1) is 20.8 Å². The third-order valence-electron chi connectivity index (χ3n) is 3.34. The van der Waals surface area contributed by atoms with E-state index in [1.54, 1.807) is 6.20 Å². The van der Waals surface area contributed by atoms with Crippen LogP contribution in [0.2, 0.25) is 5.02 Å². The summed E-state index contributed by atoms with van der Waals surface area (Å²) in [5.74, 6) is -0.0200. The molecule has 0 aliphatic carbocycles. The van der Waals surface area contributed by atoms with Crippen LogP contribution in [0.4, 0.5) is 5.69 Å². The zero-order valence-corrected chi connectivity index (χ0v) is 13.2. The summed E-state index contributed by atoms with van der Waals surface area (Å²) in [4.78, 5) is 12.2. The Morgan fingerprint density at radius 3 is 2.57 bits per heavy atom. The van der Waals surface area contributed by atoms with E-state index in [2.05, 4.69) is 5.32 Å². The zero-order valence-electron chi connectivity index (χ0n) is 12.4. The van der Waals surface area contributed by atoms with Gasteiger partial charge in [0, 0.05) is 17.8 Å². The number of para-hydroxylation sites is 1. The van der Waals surface area contributed by atoms with Crippen molar-refractivity contribution in [3.8, 4) is 0 Å². The number of hydrogen-bond acceptors (Lipinski definition) is 2. The van der Waals surface area contributed by atoms with Gasteiger partial charge in [0.05, 0.1) is 10.7 Å². The largest absolute Gasteiger partial charge is 0.360 e. The summed E-state index contributed by atoms with van der Waals surface area (Å²) >= 11 is 6.13. The summed E-state index contributed by atoms with van der Waals surface area (Å²) in [5.41, 5.74) is 4.64. The van der Waals surface area contributed by atoms with Gasteiger partial charge in [-0.25, -0.2) is 0 Å². The van der Waals surface area contributed by atoms with Crippen LogP contribution in [-0.4, -0.2) is 5.78 Å². The van der Waals surface area contributed by atoms with Gasteiger partial charge < -0.3 is 5.32 Å². The number of aryl methyl sites for hydroxylation is 3. The predicted octanol–water partition coefficient (Wildman–Crippen LogP) is 5.07. The molecule has 0 saturated carbocycles. The second kappa shape index (κ2) is 6.59. The lowest BCUT2D eigenvalue weighted by Crippen LogP contribution is -2.00. The molecule has 1 N–H and O–H groups in total. The van der Waals surface area contributed by atoms with E-state index in [9.17, 15) is 4.79 Å². The molecule has 108 valence electrons. The van der Waals surface area contributed by atoms with Crippen molar-refractivity contribution in [1.29, 1.82) is 0 Å². The van der Waals surface area contributed by atoms with Crippen molar-refractivity contribution in [1.82, 2.24) is 0 Å². The van der Waals surface area contributed by atoms with Crippen molar-refractivity contribution in [2.75, 3.05) is 5.32 Å². The molecular weight excluding hydrogens is 282 g/mol. The number of allylic oxidation sites excluding steroid dienone is 1. The topological polar surface area (TPSA) is 29.1 Å². The van der Waals surface area contributed by atoms with Crippen molar-refractivity contribution in [3.05, 3.63) is 76.0 Å². The second-order valence-corrected chi connectivity index (χ2v) is 5.50. The summed E-state index contributed by atoms with van der Waals surface area (Å²) in [6, 6.07) is 11.5. The maximum Gasteiger partial charge on any atom is 0.187 e. The monoisotopic (exact) mass is 299 g/mol. The Balaban J connectivity index is 2.15. The summed E-state index contributed by atoms with van der Waals surface area (Å²) in [6.45, 7) is 5.88. The smallest absolute Gasteiger partial charge is 0.187 e.